The van der Waals surface area contributed by atoms with Crippen molar-refractivity contribution >= 4 is 5.91 Å². The van der Waals surface area contributed by atoms with Gasteiger partial charge >= 0.3 is 0 Å². The highest BCUT2D eigenvalue weighted by Gasteiger charge is 2.31. The van der Waals surface area contributed by atoms with Crippen LogP contribution in [0, 0.1) is 0 Å². The van der Waals surface area contributed by atoms with Gasteiger partial charge in [0.05, 0.1) is 5.92 Å². The second kappa shape index (κ2) is 5.82. The van der Waals surface area contributed by atoms with Crippen LogP contribution in [-0.4, -0.2) is 25.5 Å². The van der Waals surface area contributed by atoms with E-state index in [2.05, 4.69) is 29.7 Å². The maximum atomic E-state index is 11.9. The van der Waals surface area contributed by atoms with Gasteiger partial charge in [-0.05, 0) is 37.1 Å². The second-order valence-electron chi connectivity index (χ2n) is 4.45. The fraction of sp³-hybridized carbons (Fsp3) is 0.500. The molecule has 0 spiro atoms. The summed E-state index contributed by atoms with van der Waals surface area (Å²) in [6.07, 6.45) is 1.89. The normalized spacial score (nSPS) is 17.1. The average molecular weight is 232 g/mol. The molecule has 0 radical (unpaired) electrons. The zero-order valence-corrected chi connectivity index (χ0v) is 10.3. The molecule has 0 fully saturated rings. The first-order chi connectivity index (χ1) is 8.33. The van der Waals surface area contributed by atoms with Crippen LogP contribution >= 0.6 is 0 Å². The molecular weight excluding hydrogens is 212 g/mol. The van der Waals surface area contributed by atoms with Crippen molar-refractivity contribution in [3.05, 3.63) is 35.4 Å². The van der Waals surface area contributed by atoms with Crippen LogP contribution < -0.4 is 10.6 Å². The second-order valence-corrected chi connectivity index (χ2v) is 4.45. The number of hydrogen-bond donors (Lipinski definition) is 2. The Balaban J connectivity index is 1.72. The highest BCUT2D eigenvalue weighted by molar-refractivity contribution is 5.86. The summed E-state index contributed by atoms with van der Waals surface area (Å²) in [7, 11) is 0. The zero-order valence-electron chi connectivity index (χ0n) is 10.3. The molecule has 92 valence electrons. The van der Waals surface area contributed by atoms with Crippen molar-refractivity contribution in [2.75, 3.05) is 19.6 Å². The van der Waals surface area contributed by atoms with Gasteiger partial charge in [0.1, 0.15) is 0 Å². The van der Waals surface area contributed by atoms with Gasteiger partial charge in [-0.25, -0.2) is 0 Å². The quantitative estimate of drug-likeness (QED) is 0.729. The number of rotatable bonds is 6. The van der Waals surface area contributed by atoms with E-state index in [-0.39, 0.29) is 11.8 Å². The van der Waals surface area contributed by atoms with Crippen LogP contribution in [0.4, 0.5) is 0 Å². The van der Waals surface area contributed by atoms with Crippen LogP contribution in [0.1, 0.15) is 30.4 Å². The lowest BCUT2D eigenvalue weighted by molar-refractivity contribution is -0.123. The first-order valence-corrected chi connectivity index (χ1v) is 6.39. The summed E-state index contributed by atoms with van der Waals surface area (Å²) in [6, 6.07) is 8.19. The van der Waals surface area contributed by atoms with Crippen molar-refractivity contribution in [2.45, 2.75) is 25.7 Å². The summed E-state index contributed by atoms with van der Waals surface area (Å²) in [4.78, 5) is 11.9. The third-order valence-corrected chi connectivity index (χ3v) is 3.25. The summed E-state index contributed by atoms with van der Waals surface area (Å²) in [5, 5.41) is 6.25. The Labute approximate surface area is 103 Å². The number of hydrogen-bond acceptors (Lipinski definition) is 2. The molecule has 17 heavy (non-hydrogen) atoms. The SMILES string of the molecule is CCNCCCNC(=O)C1Cc2ccccc21. The van der Waals surface area contributed by atoms with E-state index in [1.54, 1.807) is 0 Å². The van der Waals surface area contributed by atoms with Crippen molar-refractivity contribution in [3.63, 3.8) is 0 Å². The predicted molar refractivity (Wildman–Crippen MR) is 69.1 cm³/mol. The molecule has 0 saturated carbocycles. The molecule has 0 aliphatic heterocycles. The minimum atomic E-state index is 0.0883. The predicted octanol–water partition coefficient (Wildman–Crippen LogP) is 1.44. The maximum absolute atomic E-state index is 11.9. The standard InChI is InChI=1S/C14H20N2O/c1-2-15-8-5-9-16-14(17)13-10-11-6-3-4-7-12(11)13/h3-4,6-7,13,15H,2,5,8-10H2,1H3,(H,16,17). The number of amides is 1. The molecule has 2 rings (SSSR count). The van der Waals surface area contributed by atoms with E-state index < -0.39 is 0 Å². The molecule has 1 atom stereocenters. The Morgan fingerprint density at radius 2 is 2.18 bits per heavy atom. The van der Waals surface area contributed by atoms with E-state index in [4.69, 9.17) is 0 Å². The van der Waals surface area contributed by atoms with Crippen molar-refractivity contribution < 1.29 is 4.79 Å². The van der Waals surface area contributed by atoms with Crippen LogP contribution in [0.25, 0.3) is 0 Å². The molecule has 0 bridgehead atoms. The smallest absolute Gasteiger partial charge is 0.227 e. The van der Waals surface area contributed by atoms with Gasteiger partial charge in [0.2, 0.25) is 5.91 Å². The molecule has 3 nitrogen and oxygen atoms in total. The minimum Gasteiger partial charge on any atom is -0.356 e. The maximum Gasteiger partial charge on any atom is 0.227 e. The average Bonchev–Trinajstić information content (AvgIpc) is 2.30. The van der Waals surface area contributed by atoms with E-state index in [1.807, 2.05) is 12.1 Å². The number of carbonyl (C=O) groups is 1. The number of fused-ring (bicyclic) bond motifs is 1. The Kier molecular flexibility index (Phi) is 4.15. The Morgan fingerprint density at radius 1 is 1.35 bits per heavy atom. The van der Waals surface area contributed by atoms with Crippen LogP contribution in [0.3, 0.4) is 0 Å². The van der Waals surface area contributed by atoms with Crippen LogP contribution in [-0.2, 0) is 11.2 Å². The van der Waals surface area contributed by atoms with E-state index in [0.29, 0.717) is 0 Å². The Bertz CT molecular complexity index is 390. The molecule has 0 heterocycles. The van der Waals surface area contributed by atoms with E-state index in [1.165, 1.54) is 11.1 Å². The van der Waals surface area contributed by atoms with Gasteiger partial charge in [-0.15, -0.1) is 0 Å². The van der Waals surface area contributed by atoms with Crippen LogP contribution in [0.5, 0.6) is 0 Å². The van der Waals surface area contributed by atoms with Gasteiger partial charge in [-0.1, -0.05) is 31.2 Å². The highest BCUT2D eigenvalue weighted by Crippen LogP contribution is 2.34. The molecule has 1 aromatic rings. The van der Waals surface area contributed by atoms with Crippen molar-refractivity contribution in [1.82, 2.24) is 10.6 Å². The summed E-state index contributed by atoms with van der Waals surface area (Å²) < 4.78 is 0. The number of nitrogens with one attached hydrogen (secondary N) is 2. The highest BCUT2D eigenvalue weighted by atomic mass is 16.1. The molecular formula is C14H20N2O. The van der Waals surface area contributed by atoms with E-state index in [9.17, 15) is 4.79 Å². The van der Waals surface area contributed by atoms with Crippen molar-refractivity contribution in [1.29, 1.82) is 0 Å². The van der Waals surface area contributed by atoms with Gasteiger partial charge in [0.15, 0.2) is 0 Å². The van der Waals surface area contributed by atoms with Crippen LogP contribution in [0.2, 0.25) is 0 Å². The Hall–Kier alpha value is -1.35. The first kappa shape index (κ1) is 12.1. The zero-order chi connectivity index (χ0) is 12.1. The molecule has 0 saturated heterocycles. The van der Waals surface area contributed by atoms with Gasteiger partial charge in [-0.2, -0.15) is 0 Å². The molecule has 1 unspecified atom stereocenters. The van der Waals surface area contributed by atoms with Gasteiger partial charge in [0.25, 0.3) is 0 Å². The fourth-order valence-electron chi connectivity index (χ4n) is 2.22. The minimum absolute atomic E-state index is 0.0883. The summed E-state index contributed by atoms with van der Waals surface area (Å²) in [6.45, 7) is 4.82. The van der Waals surface area contributed by atoms with Crippen molar-refractivity contribution in [2.24, 2.45) is 0 Å². The summed E-state index contributed by atoms with van der Waals surface area (Å²) in [5.74, 6) is 0.269. The number of benzene rings is 1. The monoisotopic (exact) mass is 232 g/mol. The van der Waals surface area contributed by atoms with E-state index >= 15 is 0 Å². The van der Waals surface area contributed by atoms with Gasteiger partial charge < -0.3 is 10.6 Å². The summed E-state index contributed by atoms with van der Waals surface area (Å²) in [5.41, 5.74) is 2.52. The third kappa shape index (κ3) is 2.86. The lowest BCUT2D eigenvalue weighted by Gasteiger charge is -2.28. The molecule has 1 amide bonds. The number of carbonyl (C=O) groups excluding carboxylic acids is 1. The third-order valence-electron chi connectivity index (χ3n) is 3.25. The molecule has 1 aliphatic rings. The fourth-order valence-corrected chi connectivity index (χ4v) is 2.22. The van der Waals surface area contributed by atoms with Crippen molar-refractivity contribution in [3.8, 4) is 0 Å². The lowest BCUT2D eigenvalue weighted by Crippen LogP contribution is -2.36. The van der Waals surface area contributed by atoms with Gasteiger partial charge in [0, 0.05) is 6.54 Å². The molecule has 1 aliphatic carbocycles. The molecule has 1 aromatic carbocycles. The van der Waals surface area contributed by atoms with Crippen LogP contribution in [0.15, 0.2) is 24.3 Å². The van der Waals surface area contributed by atoms with Gasteiger partial charge in [-0.3, -0.25) is 4.79 Å². The first-order valence-electron chi connectivity index (χ1n) is 6.39. The Morgan fingerprint density at radius 3 is 2.94 bits per heavy atom. The summed E-state index contributed by atoms with van der Waals surface area (Å²) >= 11 is 0. The largest absolute Gasteiger partial charge is 0.356 e. The molecule has 0 aromatic heterocycles. The molecule has 3 heteroatoms. The van der Waals surface area contributed by atoms with E-state index in [0.717, 1.165) is 32.5 Å². The lowest BCUT2D eigenvalue weighted by atomic mass is 9.77. The molecule has 2 N–H and O–H groups in total. The topological polar surface area (TPSA) is 41.1 Å².